The quantitative estimate of drug-likeness (QED) is 0.112. The molecule has 2 bridgehead atoms. The number of nitrogens with zero attached hydrogens (tertiary/aromatic N) is 2. The maximum Gasteiger partial charge on any atom is 0.408 e. The molecule has 3 aliphatic heterocycles. The van der Waals surface area contributed by atoms with Crippen LogP contribution in [-0.2, 0) is 13.2 Å². The Bertz CT molecular complexity index is 1990. The molecular formula is C40H42N4O6. The van der Waals surface area contributed by atoms with E-state index in [9.17, 15) is 24.9 Å². The van der Waals surface area contributed by atoms with E-state index >= 15 is 0 Å². The number of phenolic OH excluding ortho intramolecular Hbond substituents is 1. The van der Waals surface area contributed by atoms with Gasteiger partial charge in [-0.15, -0.1) is 0 Å². The molecular weight excluding hydrogens is 632 g/mol. The summed E-state index contributed by atoms with van der Waals surface area (Å²) in [6.07, 6.45) is 0.306. The maximum absolute atomic E-state index is 13.0. The van der Waals surface area contributed by atoms with E-state index in [0.29, 0.717) is 41.3 Å². The number of aliphatic hydroxyl groups excluding tert-OH is 1. The molecule has 5 N–H and O–H groups in total. The third-order valence-corrected chi connectivity index (χ3v) is 10.1. The van der Waals surface area contributed by atoms with Gasteiger partial charge in [0.25, 0.3) is 0 Å². The smallest absolute Gasteiger partial charge is 0.408 e. The number of benzene rings is 4. The van der Waals surface area contributed by atoms with Crippen LogP contribution in [0.25, 0.3) is 10.9 Å². The van der Waals surface area contributed by atoms with Crippen molar-refractivity contribution in [2.24, 2.45) is 5.92 Å². The number of aliphatic hydroxyl groups is 1. The van der Waals surface area contributed by atoms with Crippen molar-refractivity contribution in [1.82, 2.24) is 20.1 Å². The monoisotopic (exact) mass is 674 g/mol. The number of H-pyrrole nitrogens is 1. The Morgan fingerprint density at radius 2 is 1.66 bits per heavy atom. The molecule has 1 unspecified atom stereocenters. The number of hydrogen-bond donors (Lipinski definition) is 5. The Hall–Kier alpha value is -5.16. The summed E-state index contributed by atoms with van der Waals surface area (Å²) in [6, 6.07) is 31.3. The number of aromatic amines is 1. The van der Waals surface area contributed by atoms with Crippen molar-refractivity contribution in [2.75, 3.05) is 26.2 Å². The average molecular weight is 675 g/mol. The van der Waals surface area contributed by atoms with E-state index in [4.69, 9.17) is 4.74 Å². The summed E-state index contributed by atoms with van der Waals surface area (Å²) < 4.78 is 6.24. The zero-order valence-corrected chi connectivity index (χ0v) is 27.7. The highest BCUT2D eigenvalue weighted by molar-refractivity contribution is 5.87. The number of phenols is 1. The van der Waals surface area contributed by atoms with Crippen molar-refractivity contribution < 1.29 is 24.9 Å². The van der Waals surface area contributed by atoms with Crippen molar-refractivity contribution in [1.29, 1.82) is 0 Å². The Labute approximate surface area is 290 Å². The van der Waals surface area contributed by atoms with E-state index < -0.39 is 18.2 Å². The number of amides is 1. The fourth-order valence-electron chi connectivity index (χ4n) is 7.55. The number of carbonyl (C=O) groups is 1. The molecule has 0 spiro atoms. The molecule has 10 heteroatoms. The highest BCUT2D eigenvalue weighted by atomic mass is 16.5. The number of piperidine rings is 3. The van der Waals surface area contributed by atoms with E-state index in [1.807, 2.05) is 78.9 Å². The van der Waals surface area contributed by atoms with Crippen LogP contribution >= 0.6 is 0 Å². The summed E-state index contributed by atoms with van der Waals surface area (Å²) >= 11 is 0. The Morgan fingerprint density at radius 1 is 0.920 bits per heavy atom. The highest BCUT2D eigenvalue weighted by Gasteiger charge is 2.43. The van der Waals surface area contributed by atoms with Crippen LogP contribution in [0.1, 0.15) is 52.8 Å². The fourth-order valence-corrected chi connectivity index (χ4v) is 7.55. The second-order valence-corrected chi connectivity index (χ2v) is 13.3. The maximum atomic E-state index is 13.0. The first-order chi connectivity index (χ1) is 24.3. The molecule has 3 saturated heterocycles. The molecule has 0 saturated carbocycles. The van der Waals surface area contributed by atoms with Crippen LogP contribution in [0.2, 0.25) is 0 Å². The number of aromatic nitrogens is 1. The topological polar surface area (TPSA) is 138 Å². The lowest BCUT2D eigenvalue weighted by atomic mass is 9.81. The Balaban J connectivity index is 0.994. The third kappa shape index (κ3) is 7.23. The molecule has 5 aromatic rings. The number of nitrogens with one attached hydrogen (secondary N) is 2. The van der Waals surface area contributed by atoms with Gasteiger partial charge in [-0.1, -0.05) is 72.8 Å². The molecule has 8 rings (SSSR count). The average Bonchev–Trinajstić information content (AvgIpc) is 3.14. The van der Waals surface area contributed by atoms with E-state index in [2.05, 4.69) is 15.2 Å². The fraction of sp³-hybridized carbons (Fsp3) is 0.300. The number of fused-ring (bicyclic) bond motifs is 4. The van der Waals surface area contributed by atoms with E-state index in [-0.39, 0.29) is 23.9 Å². The van der Waals surface area contributed by atoms with Gasteiger partial charge in [0, 0.05) is 31.1 Å². The lowest BCUT2D eigenvalue weighted by Gasteiger charge is -2.50. The van der Waals surface area contributed by atoms with Crippen LogP contribution in [0.3, 0.4) is 0 Å². The van der Waals surface area contributed by atoms with Gasteiger partial charge in [0.1, 0.15) is 18.1 Å². The Morgan fingerprint density at radius 3 is 2.38 bits per heavy atom. The molecule has 0 radical (unpaired) electrons. The van der Waals surface area contributed by atoms with Gasteiger partial charge in [0.2, 0.25) is 5.56 Å². The predicted octanol–water partition coefficient (Wildman–Crippen LogP) is 5.80. The summed E-state index contributed by atoms with van der Waals surface area (Å²) in [5.74, 6) is 0.991. The minimum absolute atomic E-state index is 0.0424. The molecule has 4 heterocycles. The van der Waals surface area contributed by atoms with Crippen LogP contribution in [-0.4, -0.2) is 68.4 Å². The number of ether oxygens (including phenoxy) is 1. The number of aromatic hydroxyl groups is 1. The Kier molecular flexibility index (Phi) is 9.84. The molecule has 10 nitrogen and oxygen atoms in total. The summed E-state index contributed by atoms with van der Waals surface area (Å²) in [6.45, 7) is 4.01. The normalized spacial score (nSPS) is 19.6. The molecule has 1 aromatic heterocycles. The van der Waals surface area contributed by atoms with Crippen LogP contribution < -0.4 is 15.6 Å². The molecule has 50 heavy (non-hydrogen) atoms. The lowest BCUT2D eigenvalue weighted by molar-refractivity contribution is -0.000812. The van der Waals surface area contributed by atoms with Crippen molar-refractivity contribution in [3.63, 3.8) is 0 Å². The summed E-state index contributed by atoms with van der Waals surface area (Å²) in [5.41, 5.74) is 4.44. The largest absolute Gasteiger partial charge is 0.506 e. The van der Waals surface area contributed by atoms with Gasteiger partial charge in [0.15, 0.2) is 0 Å². The standard InChI is InChI=1S/C40H42N4O6/c45-35-15-13-32(33-14-16-37(47)42-38(33)35)36(46)23-41-22-26-9-11-27(12-10-26)25-50-31-8-4-7-30(21-31)39(29-5-2-1-3-6-29)44(40(48)49)34-24-43-19-17-28(34)18-20-43/h1-16,21,28,34,36,39,41,45-46H,17-20,22-25H2,(H,42,47)(H,48,49)/t34?,36-,39+/m0/s1. The van der Waals surface area contributed by atoms with Crippen molar-refractivity contribution >= 4 is 17.0 Å². The van der Waals surface area contributed by atoms with Gasteiger partial charge in [-0.2, -0.15) is 0 Å². The number of hydrogen-bond acceptors (Lipinski definition) is 7. The van der Waals surface area contributed by atoms with Gasteiger partial charge in [-0.25, -0.2) is 4.79 Å². The molecule has 4 aromatic carbocycles. The van der Waals surface area contributed by atoms with Crippen LogP contribution in [0.5, 0.6) is 11.5 Å². The summed E-state index contributed by atoms with van der Waals surface area (Å²) in [4.78, 5) is 31.4. The minimum Gasteiger partial charge on any atom is -0.506 e. The van der Waals surface area contributed by atoms with Gasteiger partial charge in [-0.05, 0) is 83.9 Å². The number of carboxylic acid groups (broad SMARTS) is 1. The molecule has 3 fully saturated rings. The van der Waals surface area contributed by atoms with Gasteiger partial charge < -0.3 is 35.3 Å². The lowest BCUT2D eigenvalue weighted by Crippen LogP contribution is -2.59. The third-order valence-electron chi connectivity index (χ3n) is 10.1. The second-order valence-electron chi connectivity index (χ2n) is 13.3. The molecule has 0 aliphatic carbocycles. The van der Waals surface area contributed by atoms with Crippen LogP contribution in [0.15, 0.2) is 108 Å². The zero-order valence-electron chi connectivity index (χ0n) is 27.7. The van der Waals surface area contributed by atoms with Crippen molar-refractivity contribution in [2.45, 2.75) is 44.2 Å². The number of pyridine rings is 1. The first kappa shape index (κ1) is 33.3. The first-order valence-electron chi connectivity index (χ1n) is 17.2. The summed E-state index contributed by atoms with van der Waals surface area (Å²) in [7, 11) is 0. The second kappa shape index (κ2) is 14.8. The zero-order chi connectivity index (χ0) is 34.6. The van der Waals surface area contributed by atoms with Crippen LogP contribution in [0.4, 0.5) is 4.79 Å². The van der Waals surface area contributed by atoms with E-state index in [0.717, 1.165) is 54.7 Å². The van der Waals surface area contributed by atoms with Gasteiger partial charge in [0.05, 0.1) is 23.7 Å². The molecule has 1 amide bonds. The highest BCUT2D eigenvalue weighted by Crippen LogP contribution is 2.39. The minimum atomic E-state index is -0.903. The van der Waals surface area contributed by atoms with Crippen LogP contribution in [0, 0.1) is 5.92 Å². The number of rotatable bonds is 12. The van der Waals surface area contributed by atoms with Crippen molar-refractivity contribution in [3.05, 3.63) is 141 Å². The molecule has 3 atom stereocenters. The van der Waals surface area contributed by atoms with E-state index in [1.54, 1.807) is 17.0 Å². The summed E-state index contributed by atoms with van der Waals surface area (Å²) in [5, 5.41) is 35.5. The molecule has 258 valence electrons. The van der Waals surface area contributed by atoms with Crippen molar-refractivity contribution in [3.8, 4) is 11.5 Å². The predicted molar refractivity (Wildman–Crippen MR) is 191 cm³/mol. The first-order valence-corrected chi connectivity index (χ1v) is 17.2. The van der Waals surface area contributed by atoms with Gasteiger partial charge >= 0.3 is 6.09 Å². The SMILES string of the molecule is O=C(O)N(C1CN2CCC1CC2)[C@H](c1ccccc1)c1cccc(OCc2ccc(CNC[C@H](O)c3ccc(O)c4[nH]c(=O)ccc34)cc2)c1. The molecule has 3 aliphatic rings. The van der Waals surface area contributed by atoms with Gasteiger partial charge in [-0.3, -0.25) is 9.69 Å². The van der Waals surface area contributed by atoms with E-state index in [1.165, 1.54) is 12.1 Å².